The van der Waals surface area contributed by atoms with Crippen LogP contribution in [-0.2, 0) is 0 Å². The molecule has 0 saturated heterocycles. The summed E-state index contributed by atoms with van der Waals surface area (Å²) in [6.45, 7) is 12.2. The predicted molar refractivity (Wildman–Crippen MR) is 101 cm³/mol. The maximum atomic E-state index is 2.65. The van der Waals surface area contributed by atoms with Crippen LogP contribution in [0.15, 0.2) is 23.8 Å². The normalized spacial score (nSPS) is 46.6. The average Bonchev–Trinajstić information content (AvgIpc) is 2.87. The Morgan fingerprint density at radius 2 is 1.91 bits per heavy atom. The second-order valence-corrected chi connectivity index (χ2v) is 9.17. The fourth-order valence-corrected chi connectivity index (χ4v) is 7.18. The minimum Gasteiger partial charge on any atom is -0.0874 e. The van der Waals surface area contributed by atoms with Crippen molar-refractivity contribution < 1.29 is 0 Å². The number of fused-ring (bicyclic) bond motifs is 3. The zero-order valence-electron chi connectivity index (χ0n) is 16.2. The first-order valence-electron chi connectivity index (χ1n) is 10.3. The van der Waals surface area contributed by atoms with Crippen LogP contribution in [0.5, 0.6) is 0 Å². The molecule has 0 heterocycles. The number of hydrogen-bond donors (Lipinski definition) is 0. The lowest BCUT2D eigenvalue weighted by Crippen LogP contribution is -2.48. The predicted octanol–water partition coefficient (Wildman–Crippen LogP) is 7.17. The van der Waals surface area contributed by atoms with E-state index in [0.29, 0.717) is 10.8 Å². The van der Waals surface area contributed by atoms with Crippen LogP contribution in [0.1, 0.15) is 86.0 Å². The van der Waals surface area contributed by atoms with Crippen molar-refractivity contribution in [2.75, 3.05) is 0 Å². The summed E-state index contributed by atoms with van der Waals surface area (Å²) < 4.78 is 0. The fraction of sp³-hybridized carbons (Fsp3) is 0.826. The number of rotatable bonds is 4. The van der Waals surface area contributed by atoms with Crippen molar-refractivity contribution >= 4 is 0 Å². The third-order valence-electron chi connectivity index (χ3n) is 8.33. The fourth-order valence-electron chi connectivity index (χ4n) is 7.18. The Bertz CT molecular complexity index is 484. The monoisotopic (exact) mass is 314 g/mol. The molecule has 0 aromatic heterocycles. The first-order valence-corrected chi connectivity index (χ1v) is 10.3. The molecule has 0 radical (unpaired) electrons. The molecule has 0 spiro atoms. The summed E-state index contributed by atoms with van der Waals surface area (Å²) in [4.78, 5) is 0. The third kappa shape index (κ3) is 2.56. The molecule has 2 saturated carbocycles. The van der Waals surface area contributed by atoms with E-state index in [1.54, 1.807) is 5.57 Å². The zero-order chi connectivity index (χ0) is 16.7. The van der Waals surface area contributed by atoms with Crippen LogP contribution in [0.2, 0.25) is 0 Å². The van der Waals surface area contributed by atoms with Gasteiger partial charge in [0.15, 0.2) is 0 Å². The highest BCUT2D eigenvalue weighted by Crippen LogP contribution is 2.65. The van der Waals surface area contributed by atoms with Gasteiger partial charge in [0.05, 0.1) is 0 Å². The summed E-state index contributed by atoms with van der Waals surface area (Å²) >= 11 is 0. The molecule has 0 bridgehead atoms. The van der Waals surface area contributed by atoms with E-state index in [9.17, 15) is 0 Å². The number of hydrogen-bond acceptors (Lipinski definition) is 0. The van der Waals surface area contributed by atoms with E-state index in [0.717, 1.165) is 23.7 Å². The second kappa shape index (κ2) is 6.41. The van der Waals surface area contributed by atoms with Crippen LogP contribution < -0.4 is 0 Å². The molecular weight excluding hydrogens is 276 g/mol. The average molecular weight is 315 g/mol. The van der Waals surface area contributed by atoms with Gasteiger partial charge in [-0.25, -0.2) is 0 Å². The standard InChI is InChI=1S/C23H38/c1-6-9-18-10-12-19-20-13-11-17(8-3)23(20,5)16-14-21(19)22(18,4)15-7-2/h6,9-10,17,19-21H,7-8,11-16H2,1-5H3/b9-6+. The van der Waals surface area contributed by atoms with Gasteiger partial charge >= 0.3 is 0 Å². The van der Waals surface area contributed by atoms with E-state index in [1.165, 1.54) is 51.4 Å². The molecule has 0 amide bonds. The quantitative estimate of drug-likeness (QED) is 0.516. The first-order chi connectivity index (χ1) is 11.0. The summed E-state index contributed by atoms with van der Waals surface area (Å²) in [5, 5.41) is 0. The van der Waals surface area contributed by atoms with Crippen molar-refractivity contribution in [3.05, 3.63) is 23.8 Å². The SMILES string of the molecule is C/C=C/C1=CCC2C(CCC3(C)C(CC)CCC23)C1(C)CCC. The van der Waals surface area contributed by atoms with Crippen LogP contribution in [0.25, 0.3) is 0 Å². The van der Waals surface area contributed by atoms with Crippen LogP contribution in [0, 0.1) is 34.5 Å². The molecule has 3 aliphatic rings. The molecule has 0 nitrogen and oxygen atoms in total. The van der Waals surface area contributed by atoms with Crippen molar-refractivity contribution in [3.63, 3.8) is 0 Å². The third-order valence-corrected chi connectivity index (χ3v) is 8.33. The van der Waals surface area contributed by atoms with E-state index in [1.807, 2.05) is 0 Å². The van der Waals surface area contributed by atoms with Crippen molar-refractivity contribution in [2.45, 2.75) is 86.0 Å². The van der Waals surface area contributed by atoms with Crippen molar-refractivity contribution in [1.82, 2.24) is 0 Å². The summed E-state index contributed by atoms with van der Waals surface area (Å²) in [5.41, 5.74) is 2.72. The molecule has 6 atom stereocenters. The molecule has 0 aliphatic heterocycles. The second-order valence-electron chi connectivity index (χ2n) is 9.17. The lowest BCUT2D eigenvalue weighted by atomic mass is 9.48. The van der Waals surface area contributed by atoms with Gasteiger partial charge in [0.2, 0.25) is 0 Å². The summed E-state index contributed by atoms with van der Waals surface area (Å²) in [7, 11) is 0. The highest BCUT2D eigenvalue weighted by molar-refractivity contribution is 5.31. The lowest BCUT2D eigenvalue weighted by Gasteiger charge is -2.56. The minimum absolute atomic E-state index is 0.426. The Morgan fingerprint density at radius 1 is 1.13 bits per heavy atom. The van der Waals surface area contributed by atoms with Crippen LogP contribution in [-0.4, -0.2) is 0 Å². The van der Waals surface area contributed by atoms with Crippen molar-refractivity contribution in [1.29, 1.82) is 0 Å². The maximum absolute atomic E-state index is 2.65. The Labute approximate surface area is 144 Å². The molecule has 3 aliphatic carbocycles. The van der Waals surface area contributed by atoms with E-state index < -0.39 is 0 Å². The zero-order valence-corrected chi connectivity index (χ0v) is 16.2. The Morgan fingerprint density at radius 3 is 2.57 bits per heavy atom. The molecule has 6 unspecified atom stereocenters. The lowest BCUT2D eigenvalue weighted by molar-refractivity contribution is -0.0355. The summed E-state index contributed by atoms with van der Waals surface area (Å²) in [6, 6.07) is 0. The van der Waals surface area contributed by atoms with Gasteiger partial charge in [-0.15, -0.1) is 0 Å². The van der Waals surface area contributed by atoms with Gasteiger partial charge in [0.1, 0.15) is 0 Å². The molecule has 0 N–H and O–H groups in total. The van der Waals surface area contributed by atoms with Gasteiger partial charge in [0.25, 0.3) is 0 Å². The van der Waals surface area contributed by atoms with E-state index in [4.69, 9.17) is 0 Å². The molecule has 0 aromatic carbocycles. The van der Waals surface area contributed by atoms with Gasteiger partial charge in [-0.05, 0) is 85.5 Å². The molecule has 3 rings (SSSR count). The van der Waals surface area contributed by atoms with Crippen molar-refractivity contribution in [3.8, 4) is 0 Å². The highest BCUT2D eigenvalue weighted by atomic mass is 14.6. The molecular formula is C23H38. The van der Waals surface area contributed by atoms with Gasteiger partial charge in [-0.2, -0.15) is 0 Å². The first kappa shape index (κ1) is 17.3. The Hall–Kier alpha value is -0.520. The van der Waals surface area contributed by atoms with Gasteiger partial charge in [0, 0.05) is 0 Å². The smallest absolute Gasteiger partial charge is 0.00475 e. The highest BCUT2D eigenvalue weighted by Gasteiger charge is 2.57. The molecule has 130 valence electrons. The minimum atomic E-state index is 0.426. The summed E-state index contributed by atoms with van der Waals surface area (Å²) in [5.74, 6) is 3.86. The Balaban J connectivity index is 1.94. The van der Waals surface area contributed by atoms with Crippen LogP contribution >= 0.6 is 0 Å². The van der Waals surface area contributed by atoms with Gasteiger partial charge < -0.3 is 0 Å². The van der Waals surface area contributed by atoms with E-state index in [2.05, 4.69) is 52.8 Å². The summed E-state index contributed by atoms with van der Waals surface area (Å²) in [6.07, 6.45) is 18.7. The largest absolute Gasteiger partial charge is 0.0874 e. The van der Waals surface area contributed by atoms with Crippen LogP contribution in [0.3, 0.4) is 0 Å². The van der Waals surface area contributed by atoms with Gasteiger partial charge in [-0.3, -0.25) is 0 Å². The molecule has 0 heteroatoms. The molecule has 0 aromatic rings. The van der Waals surface area contributed by atoms with E-state index >= 15 is 0 Å². The number of allylic oxidation sites excluding steroid dienone is 4. The maximum Gasteiger partial charge on any atom is -0.00475 e. The van der Waals surface area contributed by atoms with E-state index in [-0.39, 0.29) is 0 Å². The topological polar surface area (TPSA) is 0 Å². The Kier molecular flexibility index (Phi) is 4.83. The molecule has 2 fully saturated rings. The van der Waals surface area contributed by atoms with Crippen molar-refractivity contribution in [2.24, 2.45) is 34.5 Å². The van der Waals surface area contributed by atoms with Crippen LogP contribution in [0.4, 0.5) is 0 Å². The van der Waals surface area contributed by atoms with Gasteiger partial charge in [-0.1, -0.05) is 58.8 Å². The molecule has 23 heavy (non-hydrogen) atoms.